The van der Waals surface area contributed by atoms with Crippen LogP contribution in [0.1, 0.15) is 31.7 Å². The van der Waals surface area contributed by atoms with Crippen LogP contribution >= 0.6 is 0 Å². The minimum atomic E-state index is -3.87. The smallest absolute Gasteiger partial charge is 0.243 e. The van der Waals surface area contributed by atoms with Gasteiger partial charge in [-0.15, -0.1) is 0 Å². The Morgan fingerprint density at radius 1 is 1.27 bits per heavy atom. The van der Waals surface area contributed by atoms with E-state index in [-0.39, 0.29) is 17.5 Å². The fraction of sp³-hybridized carbons (Fsp3) is 0.412. The van der Waals surface area contributed by atoms with Crippen molar-refractivity contribution in [1.29, 1.82) is 0 Å². The molecule has 1 aliphatic carbocycles. The number of halogens is 1. The average molecular weight is 380 g/mol. The number of anilines is 1. The Kier molecular flexibility index (Phi) is 5.38. The summed E-state index contributed by atoms with van der Waals surface area (Å²) >= 11 is 0. The van der Waals surface area contributed by atoms with E-state index in [1.54, 1.807) is 16.9 Å². The van der Waals surface area contributed by atoms with Crippen LogP contribution in [0.5, 0.6) is 0 Å². The predicted octanol–water partition coefficient (Wildman–Crippen LogP) is 2.40. The van der Waals surface area contributed by atoms with E-state index in [0.717, 1.165) is 42.1 Å². The zero-order valence-electron chi connectivity index (χ0n) is 14.4. The van der Waals surface area contributed by atoms with E-state index < -0.39 is 21.7 Å². The molecule has 140 valence electrons. The lowest BCUT2D eigenvalue weighted by molar-refractivity contribution is -0.116. The Morgan fingerprint density at radius 3 is 2.58 bits per heavy atom. The number of aromatic nitrogens is 2. The molecule has 26 heavy (non-hydrogen) atoms. The quantitative estimate of drug-likeness (QED) is 0.834. The van der Waals surface area contributed by atoms with Gasteiger partial charge in [-0.3, -0.25) is 4.79 Å². The maximum Gasteiger partial charge on any atom is 0.243 e. The minimum Gasteiger partial charge on any atom is -0.310 e. The summed E-state index contributed by atoms with van der Waals surface area (Å²) in [7, 11) is -2.56. The first-order valence-electron chi connectivity index (χ1n) is 8.43. The number of nitrogens with zero attached hydrogens (tertiary/aromatic N) is 3. The first kappa shape index (κ1) is 18.5. The molecule has 1 aliphatic rings. The lowest BCUT2D eigenvalue weighted by atomic mass is 10.2. The molecule has 0 radical (unpaired) electrons. The topological polar surface area (TPSA) is 84.3 Å². The van der Waals surface area contributed by atoms with Gasteiger partial charge in [0, 0.05) is 13.1 Å². The Bertz CT molecular complexity index is 874. The standard InChI is InChI=1S/C17H21FN4O3S/c1-21(26(24,25)15-8-6-13(18)7-9-15)12-17(23)20-16-10-11-19-22(16)14-4-2-3-5-14/h6-11,14H,2-5,12H2,1H3,(H,20,23). The van der Waals surface area contributed by atoms with Crippen molar-refractivity contribution in [2.75, 3.05) is 18.9 Å². The summed E-state index contributed by atoms with van der Waals surface area (Å²) < 4.78 is 40.6. The molecule has 0 spiro atoms. The molecule has 0 bridgehead atoms. The largest absolute Gasteiger partial charge is 0.310 e. The molecule has 2 aromatic rings. The maximum absolute atomic E-state index is 13.0. The van der Waals surface area contributed by atoms with Crippen LogP contribution in [0.2, 0.25) is 0 Å². The third-order valence-corrected chi connectivity index (χ3v) is 6.31. The van der Waals surface area contributed by atoms with E-state index in [4.69, 9.17) is 0 Å². The Morgan fingerprint density at radius 2 is 1.92 bits per heavy atom. The van der Waals surface area contributed by atoms with Gasteiger partial charge < -0.3 is 5.32 Å². The summed E-state index contributed by atoms with van der Waals surface area (Å²) in [6.07, 6.45) is 5.92. The van der Waals surface area contributed by atoms with Gasteiger partial charge in [-0.1, -0.05) is 12.8 Å². The molecule has 1 N–H and O–H groups in total. The van der Waals surface area contributed by atoms with Crippen molar-refractivity contribution < 1.29 is 17.6 Å². The van der Waals surface area contributed by atoms with Crippen LogP contribution in [0.25, 0.3) is 0 Å². The molecule has 0 atom stereocenters. The number of nitrogens with one attached hydrogen (secondary N) is 1. The van der Waals surface area contributed by atoms with Gasteiger partial charge in [0.15, 0.2) is 0 Å². The van der Waals surface area contributed by atoms with Gasteiger partial charge in [0.2, 0.25) is 15.9 Å². The van der Waals surface area contributed by atoms with E-state index in [0.29, 0.717) is 5.82 Å². The highest BCUT2D eigenvalue weighted by molar-refractivity contribution is 7.89. The Balaban J connectivity index is 1.66. The molecule has 0 aliphatic heterocycles. The van der Waals surface area contributed by atoms with Gasteiger partial charge in [-0.25, -0.2) is 17.5 Å². The van der Waals surface area contributed by atoms with Crippen molar-refractivity contribution in [3.05, 3.63) is 42.3 Å². The summed E-state index contributed by atoms with van der Waals surface area (Å²) in [6.45, 7) is -0.352. The minimum absolute atomic E-state index is 0.0646. The van der Waals surface area contributed by atoms with Gasteiger partial charge in [0.05, 0.1) is 23.7 Å². The highest BCUT2D eigenvalue weighted by atomic mass is 32.2. The summed E-state index contributed by atoms with van der Waals surface area (Å²) in [4.78, 5) is 12.2. The van der Waals surface area contributed by atoms with Crippen molar-refractivity contribution in [3.8, 4) is 0 Å². The molecular formula is C17H21FN4O3S. The summed E-state index contributed by atoms with van der Waals surface area (Å²) in [6, 6.07) is 6.45. The second-order valence-corrected chi connectivity index (χ2v) is 8.41. The van der Waals surface area contributed by atoms with Crippen molar-refractivity contribution in [1.82, 2.24) is 14.1 Å². The highest BCUT2D eigenvalue weighted by Gasteiger charge is 2.24. The second-order valence-electron chi connectivity index (χ2n) is 6.36. The van der Waals surface area contributed by atoms with Crippen molar-refractivity contribution in [2.45, 2.75) is 36.6 Å². The number of likely N-dealkylation sites (N-methyl/N-ethyl adjacent to an activating group) is 1. The number of carbonyl (C=O) groups excluding carboxylic acids is 1. The van der Waals surface area contributed by atoms with E-state index in [9.17, 15) is 17.6 Å². The van der Waals surface area contributed by atoms with Crippen LogP contribution in [0.4, 0.5) is 10.2 Å². The fourth-order valence-corrected chi connectivity index (χ4v) is 4.24. The molecular weight excluding hydrogens is 359 g/mol. The molecule has 1 saturated carbocycles. The van der Waals surface area contributed by atoms with E-state index >= 15 is 0 Å². The molecule has 1 heterocycles. The molecule has 1 aromatic carbocycles. The van der Waals surface area contributed by atoms with E-state index in [1.807, 2.05) is 0 Å². The van der Waals surface area contributed by atoms with Gasteiger partial charge in [0.1, 0.15) is 11.6 Å². The lowest BCUT2D eigenvalue weighted by Crippen LogP contribution is -2.35. The highest BCUT2D eigenvalue weighted by Crippen LogP contribution is 2.31. The van der Waals surface area contributed by atoms with Crippen LogP contribution in [0, 0.1) is 5.82 Å². The molecule has 1 aromatic heterocycles. The average Bonchev–Trinajstić information content (AvgIpc) is 3.26. The first-order valence-corrected chi connectivity index (χ1v) is 9.87. The first-order chi connectivity index (χ1) is 12.4. The van der Waals surface area contributed by atoms with Crippen molar-refractivity contribution >= 4 is 21.7 Å². The molecule has 3 rings (SSSR count). The molecule has 1 fully saturated rings. The van der Waals surface area contributed by atoms with Crippen molar-refractivity contribution in [3.63, 3.8) is 0 Å². The number of amides is 1. The molecule has 1 amide bonds. The predicted molar refractivity (Wildman–Crippen MR) is 94.6 cm³/mol. The van der Waals surface area contributed by atoms with Gasteiger partial charge >= 0.3 is 0 Å². The number of benzene rings is 1. The number of rotatable bonds is 6. The number of hydrogen-bond acceptors (Lipinski definition) is 4. The number of sulfonamides is 1. The van der Waals surface area contributed by atoms with E-state index in [2.05, 4.69) is 10.4 Å². The summed E-state index contributed by atoms with van der Waals surface area (Å²) in [5.41, 5.74) is 0. The third kappa shape index (κ3) is 3.94. The monoisotopic (exact) mass is 380 g/mol. The van der Waals surface area contributed by atoms with Gasteiger partial charge in [-0.2, -0.15) is 9.40 Å². The second kappa shape index (κ2) is 7.55. The summed E-state index contributed by atoms with van der Waals surface area (Å²) in [5.74, 6) is -0.420. The lowest BCUT2D eigenvalue weighted by Gasteiger charge is -2.18. The Hall–Kier alpha value is -2.26. The van der Waals surface area contributed by atoms with Crippen LogP contribution in [-0.4, -0.2) is 42.0 Å². The number of carbonyl (C=O) groups is 1. The van der Waals surface area contributed by atoms with Gasteiger partial charge in [-0.05, 0) is 37.1 Å². The molecule has 0 saturated heterocycles. The zero-order valence-corrected chi connectivity index (χ0v) is 15.2. The third-order valence-electron chi connectivity index (χ3n) is 4.50. The Labute approximate surface area is 151 Å². The van der Waals surface area contributed by atoms with Crippen LogP contribution in [-0.2, 0) is 14.8 Å². The maximum atomic E-state index is 13.0. The molecule has 7 nitrogen and oxygen atoms in total. The zero-order chi connectivity index (χ0) is 18.7. The fourth-order valence-electron chi connectivity index (χ4n) is 3.11. The SMILES string of the molecule is CN(CC(=O)Nc1ccnn1C1CCCC1)S(=O)(=O)c1ccc(F)cc1. The normalized spacial score (nSPS) is 15.5. The van der Waals surface area contributed by atoms with Crippen LogP contribution in [0.15, 0.2) is 41.4 Å². The van der Waals surface area contributed by atoms with E-state index in [1.165, 1.54) is 19.2 Å². The van der Waals surface area contributed by atoms with Crippen LogP contribution < -0.4 is 5.32 Å². The number of hydrogen-bond donors (Lipinski definition) is 1. The van der Waals surface area contributed by atoms with Gasteiger partial charge in [0.25, 0.3) is 0 Å². The molecule has 0 unspecified atom stereocenters. The van der Waals surface area contributed by atoms with Crippen LogP contribution in [0.3, 0.4) is 0 Å². The summed E-state index contributed by atoms with van der Waals surface area (Å²) in [5, 5.41) is 7.00. The molecule has 9 heteroatoms. The van der Waals surface area contributed by atoms with Crippen molar-refractivity contribution in [2.24, 2.45) is 0 Å².